The summed E-state index contributed by atoms with van der Waals surface area (Å²) in [4.78, 5) is 25.3. The van der Waals surface area contributed by atoms with Crippen molar-refractivity contribution >= 4 is 11.8 Å². The molecular formula is C21H17NO4. The van der Waals surface area contributed by atoms with Gasteiger partial charge in [-0.1, -0.05) is 42.5 Å². The van der Waals surface area contributed by atoms with Crippen LogP contribution >= 0.6 is 0 Å². The zero-order valence-corrected chi connectivity index (χ0v) is 14.1. The fourth-order valence-electron chi connectivity index (χ4n) is 4.12. The lowest BCUT2D eigenvalue weighted by atomic mass is 9.53. The van der Waals surface area contributed by atoms with Crippen LogP contribution in [0, 0.1) is 5.41 Å². The van der Waals surface area contributed by atoms with Crippen LogP contribution in [0.25, 0.3) is 0 Å². The molecule has 2 aliphatic rings. The van der Waals surface area contributed by atoms with Gasteiger partial charge < -0.3 is 10.2 Å². The van der Waals surface area contributed by atoms with Gasteiger partial charge in [-0.15, -0.1) is 0 Å². The first-order chi connectivity index (χ1) is 12.4. The van der Waals surface area contributed by atoms with Gasteiger partial charge >= 0.3 is 0 Å². The molecule has 2 amide bonds. The van der Waals surface area contributed by atoms with E-state index in [0.29, 0.717) is 5.57 Å². The fourth-order valence-corrected chi connectivity index (χ4v) is 4.12. The Morgan fingerprint density at radius 2 is 1.35 bits per heavy atom. The maximum atomic E-state index is 12.9. The highest BCUT2D eigenvalue weighted by Gasteiger charge is 2.62. The van der Waals surface area contributed by atoms with Crippen molar-refractivity contribution in [2.75, 3.05) is 0 Å². The molecule has 0 aromatic heterocycles. The molecule has 4 rings (SSSR count). The molecule has 1 aliphatic heterocycles. The average molecular weight is 347 g/mol. The summed E-state index contributed by atoms with van der Waals surface area (Å²) in [5.74, 6) is -0.549. The van der Waals surface area contributed by atoms with Gasteiger partial charge in [0.05, 0.1) is 10.8 Å². The van der Waals surface area contributed by atoms with Crippen molar-refractivity contribution < 1.29 is 19.8 Å². The number of carbonyl (C=O) groups excluding carboxylic acids is 2. The van der Waals surface area contributed by atoms with E-state index < -0.39 is 16.7 Å². The monoisotopic (exact) mass is 347 g/mol. The minimum atomic E-state index is -1.16. The highest BCUT2D eigenvalue weighted by atomic mass is 16.3. The first-order valence-corrected chi connectivity index (χ1v) is 8.24. The molecule has 5 nitrogen and oxygen atoms in total. The predicted molar refractivity (Wildman–Crippen MR) is 95.5 cm³/mol. The Bertz CT molecular complexity index is 925. The molecule has 2 aromatic rings. The molecule has 1 unspecified atom stereocenters. The number of amides is 2. The molecule has 1 fully saturated rings. The van der Waals surface area contributed by atoms with Gasteiger partial charge in [0.25, 0.3) is 5.91 Å². The second kappa shape index (κ2) is 5.33. The van der Waals surface area contributed by atoms with Crippen molar-refractivity contribution in [3.8, 4) is 11.5 Å². The summed E-state index contributed by atoms with van der Waals surface area (Å²) in [6.45, 7) is 1.75. The Labute approximate surface area is 150 Å². The molecule has 0 spiro atoms. The number of aromatic hydroxyl groups is 2. The lowest BCUT2D eigenvalue weighted by Gasteiger charge is -2.45. The molecule has 1 atom stereocenters. The van der Waals surface area contributed by atoms with Crippen LogP contribution in [0.15, 0.2) is 72.3 Å². The quantitative estimate of drug-likeness (QED) is 0.729. The van der Waals surface area contributed by atoms with Crippen LogP contribution in [0.2, 0.25) is 0 Å². The molecule has 130 valence electrons. The first-order valence-electron chi connectivity index (χ1n) is 8.24. The van der Waals surface area contributed by atoms with Crippen LogP contribution in [-0.4, -0.2) is 22.0 Å². The van der Waals surface area contributed by atoms with Gasteiger partial charge in [-0.2, -0.15) is 0 Å². The van der Waals surface area contributed by atoms with Crippen LogP contribution in [-0.2, 0) is 15.0 Å². The molecule has 2 aromatic carbocycles. The number of hydrogen-bond donors (Lipinski definition) is 3. The molecule has 26 heavy (non-hydrogen) atoms. The Hall–Kier alpha value is -3.34. The minimum absolute atomic E-state index is 0.113. The number of nitrogens with one attached hydrogen (secondary N) is 1. The smallest absolute Gasteiger partial charge is 0.254 e. The van der Waals surface area contributed by atoms with E-state index in [1.165, 1.54) is 0 Å². The average Bonchev–Trinajstić information content (AvgIpc) is 2.86. The van der Waals surface area contributed by atoms with Crippen molar-refractivity contribution in [1.82, 2.24) is 5.32 Å². The third-order valence-electron chi connectivity index (χ3n) is 5.51. The summed E-state index contributed by atoms with van der Waals surface area (Å²) in [6.07, 6.45) is 5.34. The molecule has 1 heterocycles. The summed E-state index contributed by atoms with van der Waals surface area (Å²) in [6, 6.07) is 13.2. The van der Waals surface area contributed by atoms with Crippen molar-refractivity contribution in [3.63, 3.8) is 0 Å². The van der Waals surface area contributed by atoms with Crippen LogP contribution < -0.4 is 5.32 Å². The Balaban J connectivity index is 2.07. The standard InChI is InChI=1S/C21H17NO4/c1-20-17(18(25)22-19(20)26)3-2-12-21(20,13-4-8-15(23)9-5-13)14-6-10-16(24)11-7-14/h2-12,23-24H,1H3,(H,22,25,26). The van der Waals surface area contributed by atoms with Crippen LogP contribution in [0.5, 0.6) is 11.5 Å². The van der Waals surface area contributed by atoms with E-state index in [2.05, 4.69) is 5.32 Å². The number of hydrogen-bond acceptors (Lipinski definition) is 4. The molecule has 0 radical (unpaired) electrons. The van der Waals surface area contributed by atoms with E-state index in [0.717, 1.165) is 11.1 Å². The molecular weight excluding hydrogens is 330 g/mol. The van der Waals surface area contributed by atoms with Crippen molar-refractivity contribution in [3.05, 3.63) is 83.5 Å². The predicted octanol–water partition coefficient (Wildman–Crippen LogP) is 2.54. The minimum Gasteiger partial charge on any atom is -0.508 e. The molecule has 0 bridgehead atoms. The number of phenolic OH excluding ortho intramolecular Hbond substituents is 2. The second-order valence-corrected chi connectivity index (χ2v) is 6.75. The van der Waals surface area contributed by atoms with Gasteiger partial charge in [-0.3, -0.25) is 14.9 Å². The van der Waals surface area contributed by atoms with Gasteiger partial charge in [-0.25, -0.2) is 0 Å². The molecule has 1 saturated heterocycles. The Morgan fingerprint density at radius 3 is 1.85 bits per heavy atom. The Morgan fingerprint density at radius 1 is 0.846 bits per heavy atom. The third kappa shape index (κ3) is 1.91. The van der Waals surface area contributed by atoms with E-state index in [9.17, 15) is 19.8 Å². The second-order valence-electron chi connectivity index (χ2n) is 6.75. The van der Waals surface area contributed by atoms with Gasteiger partial charge in [0.15, 0.2) is 0 Å². The summed E-state index contributed by atoms with van der Waals surface area (Å²) in [7, 11) is 0. The van der Waals surface area contributed by atoms with E-state index in [-0.39, 0.29) is 17.4 Å². The van der Waals surface area contributed by atoms with E-state index >= 15 is 0 Å². The maximum Gasteiger partial charge on any atom is 0.254 e. The number of fused-ring (bicyclic) bond motifs is 1. The zero-order chi connectivity index (χ0) is 18.5. The normalized spacial score (nSPS) is 23.3. The summed E-state index contributed by atoms with van der Waals surface area (Å²) in [5, 5.41) is 21.8. The SMILES string of the molecule is CC12C(=O)NC(=O)C1=CC=CC2(c1ccc(O)cc1)c1ccc(O)cc1. The molecule has 5 heteroatoms. The number of carbonyl (C=O) groups is 2. The molecule has 3 N–H and O–H groups in total. The molecule has 1 aliphatic carbocycles. The molecule has 0 saturated carbocycles. The van der Waals surface area contributed by atoms with Crippen LogP contribution in [0.1, 0.15) is 18.1 Å². The number of allylic oxidation sites excluding steroid dienone is 3. The summed E-state index contributed by atoms with van der Waals surface area (Å²) < 4.78 is 0. The van der Waals surface area contributed by atoms with E-state index in [1.54, 1.807) is 67.6 Å². The van der Waals surface area contributed by atoms with E-state index in [1.807, 2.05) is 6.08 Å². The number of imide groups is 1. The van der Waals surface area contributed by atoms with Gasteiger partial charge in [0, 0.05) is 5.57 Å². The lowest BCUT2D eigenvalue weighted by Crippen LogP contribution is -2.49. The summed E-state index contributed by atoms with van der Waals surface area (Å²) >= 11 is 0. The largest absolute Gasteiger partial charge is 0.508 e. The highest BCUT2D eigenvalue weighted by Crippen LogP contribution is 2.56. The maximum absolute atomic E-state index is 12.9. The number of benzene rings is 2. The van der Waals surface area contributed by atoms with Crippen molar-refractivity contribution in [2.24, 2.45) is 5.41 Å². The topological polar surface area (TPSA) is 86.6 Å². The van der Waals surface area contributed by atoms with Crippen LogP contribution in [0.4, 0.5) is 0 Å². The van der Waals surface area contributed by atoms with Gasteiger partial charge in [0.2, 0.25) is 5.91 Å². The fraction of sp³-hybridized carbons (Fsp3) is 0.143. The highest BCUT2D eigenvalue weighted by molar-refractivity contribution is 6.18. The van der Waals surface area contributed by atoms with Crippen molar-refractivity contribution in [2.45, 2.75) is 12.3 Å². The zero-order valence-electron chi connectivity index (χ0n) is 14.1. The van der Waals surface area contributed by atoms with Crippen LogP contribution in [0.3, 0.4) is 0 Å². The summed E-state index contributed by atoms with van der Waals surface area (Å²) in [5.41, 5.74) is -0.210. The van der Waals surface area contributed by atoms with E-state index in [4.69, 9.17) is 0 Å². The first kappa shape index (κ1) is 16.1. The number of phenols is 2. The third-order valence-corrected chi connectivity index (χ3v) is 5.51. The van der Waals surface area contributed by atoms with Crippen molar-refractivity contribution in [1.29, 1.82) is 0 Å². The van der Waals surface area contributed by atoms with Gasteiger partial charge in [0.1, 0.15) is 11.5 Å². The Kier molecular flexibility index (Phi) is 3.31. The van der Waals surface area contributed by atoms with Gasteiger partial charge in [-0.05, 0) is 42.3 Å². The number of rotatable bonds is 2. The lowest BCUT2D eigenvalue weighted by molar-refractivity contribution is -0.129.